The molecule has 1 aliphatic heterocycles. The molecule has 2 heterocycles. The normalized spacial score (nSPS) is 16.1. The Morgan fingerprint density at radius 3 is 2.75 bits per heavy atom. The zero-order valence-corrected chi connectivity index (χ0v) is 14.5. The fourth-order valence-electron chi connectivity index (χ4n) is 3.21. The summed E-state index contributed by atoms with van der Waals surface area (Å²) in [5.41, 5.74) is 3.83. The van der Waals surface area contributed by atoms with Gasteiger partial charge in [-0.3, -0.25) is 9.88 Å². The number of aromatic nitrogens is 1. The van der Waals surface area contributed by atoms with Gasteiger partial charge in [0, 0.05) is 44.3 Å². The van der Waals surface area contributed by atoms with Gasteiger partial charge in [0.05, 0.1) is 13.2 Å². The van der Waals surface area contributed by atoms with E-state index in [0.29, 0.717) is 6.61 Å². The van der Waals surface area contributed by atoms with E-state index in [4.69, 9.17) is 4.74 Å². The second kappa shape index (κ2) is 8.81. The third-order valence-electron chi connectivity index (χ3n) is 4.58. The van der Waals surface area contributed by atoms with E-state index < -0.39 is 0 Å². The number of aryl methyl sites for hydroxylation is 1. The summed E-state index contributed by atoms with van der Waals surface area (Å²) in [5.74, 6) is 0. The van der Waals surface area contributed by atoms with Crippen LogP contribution in [0.15, 0.2) is 48.8 Å². The monoisotopic (exact) mass is 325 g/mol. The van der Waals surface area contributed by atoms with E-state index in [1.165, 1.54) is 23.2 Å². The molecule has 0 saturated carbocycles. The summed E-state index contributed by atoms with van der Waals surface area (Å²) in [7, 11) is 0. The summed E-state index contributed by atoms with van der Waals surface area (Å²) in [6.07, 6.45) is 5.04. The van der Waals surface area contributed by atoms with Crippen LogP contribution in [0.2, 0.25) is 0 Å². The van der Waals surface area contributed by atoms with Crippen molar-refractivity contribution in [3.63, 3.8) is 0 Å². The van der Waals surface area contributed by atoms with Gasteiger partial charge in [-0.25, -0.2) is 0 Å². The van der Waals surface area contributed by atoms with Gasteiger partial charge in [-0.05, 0) is 37.1 Å². The highest BCUT2D eigenvalue weighted by Crippen LogP contribution is 2.19. The fourth-order valence-corrected chi connectivity index (χ4v) is 3.21. The molecule has 1 saturated heterocycles. The molecule has 3 rings (SSSR count). The van der Waals surface area contributed by atoms with Crippen molar-refractivity contribution in [2.45, 2.75) is 20.0 Å². The van der Waals surface area contributed by atoms with Crippen LogP contribution in [-0.4, -0.2) is 49.2 Å². The van der Waals surface area contributed by atoms with Crippen molar-refractivity contribution in [1.29, 1.82) is 0 Å². The van der Waals surface area contributed by atoms with Crippen LogP contribution >= 0.6 is 0 Å². The largest absolute Gasteiger partial charge is 0.375 e. The molecule has 0 amide bonds. The summed E-state index contributed by atoms with van der Waals surface area (Å²) in [6.45, 7) is 9.08. The molecule has 1 aromatic carbocycles. The molecule has 0 spiro atoms. The van der Waals surface area contributed by atoms with E-state index in [1.807, 2.05) is 18.5 Å². The molecule has 2 aromatic rings. The number of ether oxygens (including phenoxy) is 1. The Morgan fingerprint density at radius 1 is 1.04 bits per heavy atom. The van der Waals surface area contributed by atoms with Crippen molar-refractivity contribution in [1.82, 2.24) is 9.88 Å². The van der Waals surface area contributed by atoms with Crippen LogP contribution in [0.4, 0.5) is 5.69 Å². The predicted molar refractivity (Wildman–Crippen MR) is 98.3 cm³/mol. The fraction of sp³-hybridized carbons (Fsp3) is 0.450. The minimum atomic E-state index is 0.705. The van der Waals surface area contributed by atoms with Crippen molar-refractivity contribution in [2.24, 2.45) is 0 Å². The molecule has 1 aromatic heterocycles. The predicted octanol–water partition coefficient (Wildman–Crippen LogP) is 3.12. The van der Waals surface area contributed by atoms with Crippen LogP contribution in [-0.2, 0) is 11.3 Å². The lowest BCUT2D eigenvalue weighted by atomic mass is 10.2. The van der Waals surface area contributed by atoms with Crippen LogP contribution < -0.4 is 4.90 Å². The minimum Gasteiger partial charge on any atom is -0.375 e. The Kier molecular flexibility index (Phi) is 6.21. The van der Waals surface area contributed by atoms with Gasteiger partial charge in [0.2, 0.25) is 0 Å². The molecular weight excluding hydrogens is 298 g/mol. The van der Waals surface area contributed by atoms with E-state index >= 15 is 0 Å². The highest BCUT2D eigenvalue weighted by atomic mass is 16.5. The van der Waals surface area contributed by atoms with Gasteiger partial charge in [-0.2, -0.15) is 0 Å². The summed E-state index contributed by atoms with van der Waals surface area (Å²) < 4.78 is 5.83. The van der Waals surface area contributed by atoms with Crippen LogP contribution in [0, 0.1) is 6.92 Å². The molecule has 0 radical (unpaired) electrons. The van der Waals surface area contributed by atoms with Crippen molar-refractivity contribution < 1.29 is 4.74 Å². The molecule has 1 aliphatic rings. The first kappa shape index (κ1) is 16.9. The second-order valence-corrected chi connectivity index (χ2v) is 6.38. The quantitative estimate of drug-likeness (QED) is 0.763. The van der Waals surface area contributed by atoms with Gasteiger partial charge >= 0.3 is 0 Å². The molecule has 24 heavy (non-hydrogen) atoms. The average molecular weight is 325 g/mol. The van der Waals surface area contributed by atoms with Gasteiger partial charge in [0.25, 0.3) is 0 Å². The minimum absolute atomic E-state index is 0.705. The van der Waals surface area contributed by atoms with Crippen LogP contribution in [0.25, 0.3) is 0 Å². The molecule has 4 heteroatoms. The van der Waals surface area contributed by atoms with E-state index in [-0.39, 0.29) is 0 Å². The first-order valence-electron chi connectivity index (χ1n) is 8.82. The molecule has 0 unspecified atom stereocenters. The lowest BCUT2D eigenvalue weighted by Gasteiger charge is -2.25. The Balaban J connectivity index is 1.42. The summed E-state index contributed by atoms with van der Waals surface area (Å²) in [5, 5.41) is 0. The van der Waals surface area contributed by atoms with Crippen molar-refractivity contribution in [3.05, 3.63) is 59.9 Å². The molecule has 0 aliphatic carbocycles. The highest BCUT2D eigenvalue weighted by Gasteiger charge is 2.16. The van der Waals surface area contributed by atoms with E-state index in [0.717, 1.165) is 39.3 Å². The maximum absolute atomic E-state index is 5.83. The van der Waals surface area contributed by atoms with E-state index in [1.54, 1.807) is 0 Å². The number of anilines is 1. The van der Waals surface area contributed by atoms with Crippen molar-refractivity contribution in [2.75, 3.05) is 44.2 Å². The highest BCUT2D eigenvalue weighted by molar-refractivity contribution is 5.51. The smallest absolute Gasteiger partial charge is 0.0717 e. The SMILES string of the molecule is Cc1cnccc1N1CCCN(CCOCc2ccccc2)CC1. The van der Waals surface area contributed by atoms with Gasteiger partial charge in [-0.1, -0.05) is 30.3 Å². The molecule has 0 atom stereocenters. The third kappa shape index (κ3) is 4.79. The van der Waals surface area contributed by atoms with Crippen LogP contribution in [0.5, 0.6) is 0 Å². The second-order valence-electron chi connectivity index (χ2n) is 6.38. The lowest BCUT2D eigenvalue weighted by molar-refractivity contribution is 0.0946. The summed E-state index contributed by atoms with van der Waals surface area (Å²) in [4.78, 5) is 9.20. The van der Waals surface area contributed by atoms with E-state index in [2.05, 4.69) is 52.0 Å². The maximum Gasteiger partial charge on any atom is 0.0717 e. The van der Waals surface area contributed by atoms with Crippen LogP contribution in [0.1, 0.15) is 17.5 Å². The number of hydrogen-bond donors (Lipinski definition) is 0. The standard InChI is InChI=1S/C20H27N3O/c1-18-16-21-9-8-20(18)23-11-5-10-22(12-13-23)14-15-24-17-19-6-3-2-4-7-19/h2-4,6-9,16H,5,10-15,17H2,1H3. The molecule has 4 nitrogen and oxygen atoms in total. The number of hydrogen-bond acceptors (Lipinski definition) is 4. The molecule has 128 valence electrons. The Bertz CT molecular complexity index is 617. The topological polar surface area (TPSA) is 28.6 Å². The Hall–Kier alpha value is -1.91. The van der Waals surface area contributed by atoms with Crippen LogP contribution in [0.3, 0.4) is 0 Å². The number of benzene rings is 1. The van der Waals surface area contributed by atoms with Gasteiger partial charge in [0.1, 0.15) is 0 Å². The number of nitrogens with zero attached hydrogens (tertiary/aromatic N) is 3. The molecule has 0 N–H and O–H groups in total. The van der Waals surface area contributed by atoms with E-state index in [9.17, 15) is 0 Å². The van der Waals surface area contributed by atoms with Gasteiger partial charge < -0.3 is 9.64 Å². The Labute approximate surface area is 145 Å². The van der Waals surface area contributed by atoms with Gasteiger partial charge in [0.15, 0.2) is 0 Å². The molecule has 0 bridgehead atoms. The average Bonchev–Trinajstić information content (AvgIpc) is 2.86. The maximum atomic E-state index is 5.83. The summed E-state index contributed by atoms with van der Waals surface area (Å²) in [6, 6.07) is 12.5. The first-order valence-corrected chi connectivity index (χ1v) is 8.82. The van der Waals surface area contributed by atoms with Gasteiger partial charge in [-0.15, -0.1) is 0 Å². The van der Waals surface area contributed by atoms with Crippen molar-refractivity contribution in [3.8, 4) is 0 Å². The number of pyridine rings is 1. The van der Waals surface area contributed by atoms with Crippen molar-refractivity contribution >= 4 is 5.69 Å². The Morgan fingerprint density at radius 2 is 1.92 bits per heavy atom. The lowest BCUT2D eigenvalue weighted by Crippen LogP contribution is -2.33. The number of rotatable bonds is 6. The first-order chi connectivity index (χ1) is 11.8. The molecular formula is C20H27N3O. The third-order valence-corrected chi connectivity index (χ3v) is 4.58. The summed E-state index contributed by atoms with van der Waals surface area (Å²) >= 11 is 0. The zero-order valence-electron chi connectivity index (χ0n) is 14.5. The molecule has 1 fully saturated rings. The zero-order chi connectivity index (χ0) is 16.6.